The van der Waals surface area contributed by atoms with Gasteiger partial charge in [0.05, 0.1) is 12.2 Å². The van der Waals surface area contributed by atoms with Crippen LogP contribution in [0.4, 0.5) is 0 Å². The van der Waals surface area contributed by atoms with Gasteiger partial charge in [-0.1, -0.05) is 24.3 Å². The summed E-state index contributed by atoms with van der Waals surface area (Å²) in [5.74, 6) is 0.374. The Hall–Kier alpha value is -0.875. The van der Waals surface area contributed by atoms with E-state index in [1.807, 2.05) is 19.1 Å². The number of likely N-dealkylation sites (tertiary alicyclic amines) is 1. The topological polar surface area (TPSA) is 52.9 Å². The van der Waals surface area contributed by atoms with Gasteiger partial charge in [-0.25, -0.2) is 0 Å². The summed E-state index contributed by atoms with van der Waals surface area (Å²) in [5.41, 5.74) is 1.78. The van der Waals surface area contributed by atoms with Crippen LogP contribution in [0.3, 0.4) is 0 Å². The molecule has 4 nitrogen and oxygen atoms in total. The number of allylic oxidation sites excluding steroid dienone is 1. The summed E-state index contributed by atoms with van der Waals surface area (Å²) < 4.78 is 6.39. The van der Waals surface area contributed by atoms with Crippen molar-refractivity contribution in [3.05, 3.63) is 35.5 Å². The molecule has 2 saturated heterocycles. The molecule has 0 saturated carbocycles. The predicted molar refractivity (Wildman–Crippen MR) is 87.9 cm³/mol. The summed E-state index contributed by atoms with van der Waals surface area (Å²) in [4.78, 5) is 2.45. The minimum absolute atomic E-state index is 0. The highest BCUT2D eigenvalue weighted by Crippen LogP contribution is 2.66. The zero-order chi connectivity index (χ0) is 15.3. The second-order valence-electron chi connectivity index (χ2n) is 7.79. The van der Waals surface area contributed by atoms with Gasteiger partial charge >= 0.3 is 0 Å². The molecule has 2 unspecified atom stereocenters. The summed E-state index contributed by atoms with van der Waals surface area (Å²) in [6.07, 6.45) is 8.64. The Morgan fingerprint density at radius 2 is 2.04 bits per heavy atom. The number of hydrogen-bond acceptors (Lipinski definition) is 4. The summed E-state index contributed by atoms with van der Waals surface area (Å²) in [5, 5.41) is 21.2. The van der Waals surface area contributed by atoms with Crippen molar-refractivity contribution in [3.63, 3.8) is 0 Å². The van der Waals surface area contributed by atoms with E-state index in [-0.39, 0.29) is 19.9 Å². The van der Waals surface area contributed by atoms with Crippen LogP contribution >= 0.6 is 0 Å². The Balaban J connectivity index is 0.00000135. The highest BCUT2D eigenvalue weighted by Gasteiger charge is 2.69. The third-order valence-electron chi connectivity index (χ3n) is 6.92. The van der Waals surface area contributed by atoms with Gasteiger partial charge in [0.25, 0.3) is 0 Å². The SMILES string of the molecule is CN1CC[C@]23C4=C5C=CC(O)C4(C)O[C@H]2[C@@H](O)C=C[C@H]3[C@H]1C5.[B]. The molecule has 1 spiro atoms. The van der Waals surface area contributed by atoms with Crippen molar-refractivity contribution in [2.45, 2.75) is 49.7 Å². The zero-order valence-electron chi connectivity index (χ0n) is 13.6. The molecule has 0 aromatic rings. The number of ether oxygens (including phenoxy) is 1. The molecule has 0 amide bonds. The lowest BCUT2D eigenvalue weighted by Crippen LogP contribution is -2.62. The number of hydrogen-bond donors (Lipinski definition) is 2. The molecule has 3 aliphatic carbocycles. The van der Waals surface area contributed by atoms with E-state index in [2.05, 4.69) is 24.1 Å². The standard InChI is InChI=1S/C18H23NO3.B/c1-17-14(21)6-3-10-9-12-11-4-5-13(20)16(22-17)18(11,15(10)17)7-8-19(12)2;/h3-6,11-14,16,20-21H,7-9H2,1-2H3;/t11-,12+,13-,14?,16-,17?,18-;/m0./s1. The first-order valence-electron chi connectivity index (χ1n) is 8.33. The molecule has 5 rings (SSSR count). The van der Waals surface area contributed by atoms with Gasteiger partial charge in [-0.05, 0) is 44.5 Å². The fourth-order valence-electron chi connectivity index (χ4n) is 5.96. The maximum absolute atomic E-state index is 10.6. The van der Waals surface area contributed by atoms with Gasteiger partial charge in [0.2, 0.25) is 0 Å². The average Bonchev–Trinajstić information content (AvgIpc) is 2.78. The summed E-state index contributed by atoms with van der Waals surface area (Å²) in [7, 11) is 2.20. The van der Waals surface area contributed by atoms with Gasteiger partial charge < -0.3 is 19.8 Å². The normalized spacial score (nSPS) is 53.1. The van der Waals surface area contributed by atoms with E-state index < -0.39 is 17.8 Å². The van der Waals surface area contributed by atoms with Crippen molar-refractivity contribution >= 4 is 8.41 Å². The second kappa shape index (κ2) is 4.60. The largest absolute Gasteiger partial charge is 0.386 e. The van der Waals surface area contributed by atoms with E-state index in [1.54, 1.807) is 0 Å². The molecule has 121 valence electrons. The number of nitrogens with zero attached hydrogens (tertiary/aromatic N) is 1. The minimum Gasteiger partial charge on any atom is -0.386 e. The van der Waals surface area contributed by atoms with E-state index in [0.717, 1.165) is 19.4 Å². The Labute approximate surface area is 139 Å². The molecule has 0 aromatic heterocycles. The molecule has 7 atom stereocenters. The van der Waals surface area contributed by atoms with Crippen LogP contribution in [0.25, 0.3) is 0 Å². The molecule has 2 fully saturated rings. The van der Waals surface area contributed by atoms with Crippen LogP contribution in [0.1, 0.15) is 19.8 Å². The van der Waals surface area contributed by atoms with Crippen molar-refractivity contribution in [1.82, 2.24) is 4.90 Å². The fraction of sp³-hybridized carbons (Fsp3) is 0.667. The lowest BCUT2D eigenvalue weighted by atomic mass is 9.50. The van der Waals surface area contributed by atoms with Gasteiger partial charge in [0.1, 0.15) is 11.7 Å². The summed E-state index contributed by atoms with van der Waals surface area (Å²) in [6.45, 7) is 3.03. The van der Waals surface area contributed by atoms with Crippen molar-refractivity contribution < 1.29 is 14.9 Å². The quantitative estimate of drug-likeness (QED) is 0.509. The van der Waals surface area contributed by atoms with E-state index in [4.69, 9.17) is 4.74 Å². The first-order valence-corrected chi connectivity index (χ1v) is 8.33. The van der Waals surface area contributed by atoms with Crippen molar-refractivity contribution in [2.24, 2.45) is 11.3 Å². The molecule has 2 bridgehead atoms. The van der Waals surface area contributed by atoms with Crippen LogP contribution in [-0.4, -0.2) is 67.1 Å². The van der Waals surface area contributed by atoms with Gasteiger partial charge in [-0.15, -0.1) is 0 Å². The van der Waals surface area contributed by atoms with Crippen LogP contribution in [0.2, 0.25) is 0 Å². The first kappa shape index (κ1) is 15.6. The molecule has 23 heavy (non-hydrogen) atoms. The Kier molecular flexibility index (Phi) is 3.13. The Morgan fingerprint density at radius 3 is 2.83 bits per heavy atom. The van der Waals surface area contributed by atoms with Gasteiger partial charge in [0.15, 0.2) is 0 Å². The number of rotatable bonds is 0. The van der Waals surface area contributed by atoms with Gasteiger partial charge in [-0.2, -0.15) is 0 Å². The highest BCUT2D eigenvalue weighted by molar-refractivity contribution is 5.75. The van der Waals surface area contributed by atoms with Crippen molar-refractivity contribution in [1.29, 1.82) is 0 Å². The van der Waals surface area contributed by atoms with E-state index in [0.29, 0.717) is 12.0 Å². The molecule has 5 aliphatic rings. The fourth-order valence-corrected chi connectivity index (χ4v) is 5.96. The average molecular weight is 312 g/mol. The summed E-state index contributed by atoms with van der Waals surface area (Å²) in [6, 6.07) is 0.463. The van der Waals surface area contributed by atoms with Crippen molar-refractivity contribution in [3.8, 4) is 0 Å². The lowest BCUT2D eigenvalue weighted by Gasteiger charge is -2.58. The number of piperidine rings is 1. The molecule has 5 heteroatoms. The molecule has 2 aliphatic heterocycles. The van der Waals surface area contributed by atoms with Crippen LogP contribution in [0.5, 0.6) is 0 Å². The third-order valence-corrected chi connectivity index (χ3v) is 6.92. The van der Waals surface area contributed by atoms with Gasteiger partial charge in [-0.3, -0.25) is 0 Å². The van der Waals surface area contributed by atoms with Crippen LogP contribution in [-0.2, 0) is 4.74 Å². The number of aliphatic hydroxyl groups is 2. The lowest BCUT2D eigenvalue weighted by molar-refractivity contribution is -0.135. The highest BCUT2D eigenvalue weighted by atomic mass is 16.5. The predicted octanol–water partition coefficient (Wildman–Crippen LogP) is 0.632. The van der Waals surface area contributed by atoms with E-state index in [1.165, 1.54) is 11.1 Å². The van der Waals surface area contributed by atoms with Crippen LogP contribution in [0.15, 0.2) is 35.5 Å². The van der Waals surface area contributed by atoms with Gasteiger partial charge in [0, 0.05) is 25.8 Å². The molecule has 3 radical (unpaired) electrons. The summed E-state index contributed by atoms with van der Waals surface area (Å²) >= 11 is 0. The third kappa shape index (κ3) is 1.57. The molecule has 2 heterocycles. The Morgan fingerprint density at radius 1 is 1.26 bits per heavy atom. The minimum atomic E-state index is -0.680. The zero-order valence-corrected chi connectivity index (χ0v) is 13.6. The second-order valence-corrected chi connectivity index (χ2v) is 7.79. The van der Waals surface area contributed by atoms with E-state index >= 15 is 0 Å². The first-order chi connectivity index (χ1) is 10.5. The van der Waals surface area contributed by atoms with E-state index in [9.17, 15) is 10.2 Å². The molecular formula is C18H23BNO3. The molecule has 0 aromatic carbocycles. The Bertz CT molecular complexity index is 644. The number of aliphatic hydroxyl groups excluding tert-OH is 2. The van der Waals surface area contributed by atoms with Crippen LogP contribution in [0, 0.1) is 11.3 Å². The maximum Gasteiger partial charge on any atom is 0.117 e. The monoisotopic (exact) mass is 312 g/mol. The maximum atomic E-state index is 10.6. The molecule has 2 N–H and O–H groups in total. The molecular weight excluding hydrogens is 289 g/mol. The van der Waals surface area contributed by atoms with Crippen molar-refractivity contribution in [2.75, 3.05) is 13.6 Å². The van der Waals surface area contributed by atoms with Crippen LogP contribution < -0.4 is 0 Å². The smallest absolute Gasteiger partial charge is 0.117 e.